The summed E-state index contributed by atoms with van der Waals surface area (Å²) in [5.41, 5.74) is 8.52. The van der Waals surface area contributed by atoms with Crippen LogP contribution in [0.1, 0.15) is 30.5 Å². The third kappa shape index (κ3) is 2.69. The second kappa shape index (κ2) is 4.10. The van der Waals surface area contributed by atoms with Crippen molar-refractivity contribution in [3.8, 4) is 0 Å². The summed E-state index contributed by atoms with van der Waals surface area (Å²) in [5, 5.41) is 0.852. The Labute approximate surface area is 94.9 Å². The van der Waals surface area contributed by atoms with E-state index in [1.807, 2.05) is 19.4 Å². The molecule has 0 spiro atoms. The van der Waals surface area contributed by atoms with Gasteiger partial charge in [0.05, 0.1) is 0 Å². The molecule has 15 heavy (non-hydrogen) atoms. The number of hydrogen-bond donors (Lipinski definition) is 1. The molecule has 2 rings (SSSR count). The van der Waals surface area contributed by atoms with Crippen molar-refractivity contribution in [2.45, 2.75) is 43.3 Å². The standard InChI is InChI=1S/C11H17N3S/c1-8-9(3-4-11(12)5-6-11)7-13-10(14-8)15-2/h7H,3-6,12H2,1-2H3. The van der Waals surface area contributed by atoms with Gasteiger partial charge in [0.1, 0.15) is 0 Å². The van der Waals surface area contributed by atoms with Gasteiger partial charge in [-0.25, -0.2) is 9.97 Å². The van der Waals surface area contributed by atoms with Gasteiger partial charge >= 0.3 is 0 Å². The minimum atomic E-state index is 0.130. The van der Waals surface area contributed by atoms with Crippen LogP contribution in [0.2, 0.25) is 0 Å². The molecule has 1 heterocycles. The Morgan fingerprint density at radius 2 is 2.27 bits per heavy atom. The normalized spacial score (nSPS) is 17.8. The maximum absolute atomic E-state index is 6.06. The van der Waals surface area contributed by atoms with Crippen LogP contribution in [0.3, 0.4) is 0 Å². The SMILES string of the molecule is CSc1ncc(CCC2(N)CC2)c(C)n1. The lowest BCUT2D eigenvalue weighted by atomic mass is 10.1. The molecular weight excluding hydrogens is 206 g/mol. The second-order valence-electron chi connectivity index (χ2n) is 4.33. The number of rotatable bonds is 4. The van der Waals surface area contributed by atoms with E-state index in [0.717, 1.165) is 23.7 Å². The summed E-state index contributed by atoms with van der Waals surface area (Å²) in [7, 11) is 0. The van der Waals surface area contributed by atoms with E-state index < -0.39 is 0 Å². The lowest BCUT2D eigenvalue weighted by Gasteiger charge is -2.09. The molecule has 0 amide bonds. The van der Waals surface area contributed by atoms with Crippen LogP contribution in [-0.2, 0) is 6.42 Å². The number of thioether (sulfide) groups is 1. The van der Waals surface area contributed by atoms with Crippen LogP contribution < -0.4 is 5.73 Å². The summed E-state index contributed by atoms with van der Waals surface area (Å²) in [6.45, 7) is 2.05. The molecule has 1 fully saturated rings. The molecule has 1 aromatic rings. The Morgan fingerprint density at radius 1 is 1.53 bits per heavy atom. The lowest BCUT2D eigenvalue weighted by Crippen LogP contribution is -2.22. The van der Waals surface area contributed by atoms with E-state index in [1.54, 1.807) is 11.8 Å². The van der Waals surface area contributed by atoms with E-state index in [4.69, 9.17) is 5.73 Å². The number of nitrogens with two attached hydrogens (primary N) is 1. The average Bonchev–Trinajstić information content (AvgIpc) is 2.95. The largest absolute Gasteiger partial charge is 0.325 e. The van der Waals surface area contributed by atoms with Crippen LogP contribution in [0, 0.1) is 6.92 Å². The predicted molar refractivity (Wildman–Crippen MR) is 63.0 cm³/mol. The van der Waals surface area contributed by atoms with Crippen molar-refractivity contribution < 1.29 is 0 Å². The zero-order valence-corrected chi connectivity index (χ0v) is 10.1. The van der Waals surface area contributed by atoms with E-state index in [0.29, 0.717) is 0 Å². The van der Waals surface area contributed by atoms with Gasteiger partial charge in [-0.05, 0) is 44.4 Å². The monoisotopic (exact) mass is 223 g/mol. The Kier molecular flexibility index (Phi) is 2.98. The molecule has 2 N–H and O–H groups in total. The van der Waals surface area contributed by atoms with Crippen molar-refractivity contribution in [2.24, 2.45) is 5.73 Å². The summed E-state index contributed by atoms with van der Waals surface area (Å²) in [5.74, 6) is 0. The number of aryl methyl sites for hydroxylation is 2. The van der Waals surface area contributed by atoms with Gasteiger partial charge in [0.15, 0.2) is 5.16 Å². The van der Waals surface area contributed by atoms with Crippen molar-refractivity contribution >= 4 is 11.8 Å². The topological polar surface area (TPSA) is 51.8 Å². The molecule has 0 unspecified atom stereocenters. The molecule has 1 aromatic heterocycles. The first-order valence-electron chi connectivity index (χ1n) is 5.28. The fourth-order valence-electron chi connectivity index (χ4n) is 1.61. The van der Waals surface area contributed by atoms with Crippen LogP contribution in [-0.4, -0.2) is 21.8 Å². The van der Waals surface area contributed by atoms with Crippen molar-refractivity contribution in [1.29, 1.82) is 0 Å². The molecule has 1 aliphatic carbocycles. The van der Waals surface area contributed by atoms with Crippen molar-refractivity contribution in [3.63, 3.8) is 0 Å². The first kappa shape index (κ1) is 10.9. The minimum Gasteiger partial charge on any atom is -0.325 e. The maximum atomic E-state index is 6.06. The summed E-state index contributed by atoms with van der Waals surface area (Å²) < 4.78 is 0. The molecule has 0 saturated heterocycles. The minimum absolute atomic E-state index is 0.130. The molecule has 4 heteroatoms. The fourth-order valence-corrected chi connectivity index (χ4v) is 1.99. The molecule has 0 radical (unpaired) electrons. The first-order valence-corrected chi connectivity index (χ1v) is 6.51. The van der Waals surface area contributed by atoms with Crippen LogP contribution in [0.15, 0.2) is 11.4 Å². The van der Waals surface area contributed by atoms with E-state index in [2.05, 4.69) is 9.97 Å². The Bertz CT molecular complexity index is 361. The zero-order chi connectivity index (χ0) is 10.9. The summed E-state index contributed by atoms with van der Waals surface area (Å²) in [4.78, 5) is 8.71. The molecule has 0 aromatic carbocycles. The highest BCUT2D eigenvalue weighted by atomic mass is 32.2. The third-order valence-corrected chi connectivity index (χ3v) is 3.59. The van der Waals surface area contributed by atoms with Crippen LogP contribution in [0.4, 0.5) is 0 Å². The molecule has 1 saturated carbocycles. The highest BCUT2D eigenvalue weighted by Gasteiger charge is 2.37. The van der Waals surface area contributed by atoms with Crippen molar-refractivity contribution in [1.82, 2.24) is 9.97 Å². The average molecular weight is 223 g/mol. The summed E-state index contributed by atoms with van der Waals surface area (Å²) in [6.07, 6.45) is 8.37. The Morgan fingerprint density at radius 3 is 2.80 bits per heavy atom. The molecule has 82 valence electrons. The van der Waals surface area contributed by atoms with Gasteiger partial charge in [0.25, 0.3) is 0 Å². The van der Waals surface area contributed by atoms with E-state index in [-0.39, 0.29) is 5.54 Å². The van der Waals surface area contributed by atoms with Crippen molar-refractivity contribution in [3.05, 3.63) is 17.5 Å². The van der Waals surface area contributed by atoms with E-state index in [1.165, 1.54) is 18.4 Å². The van der Waals surface area contributed by atoms with E-state index >= 15 is 0 Å². The predicted octanol–water partition coefficient (Wildman–Crippen LogP) is 1.93. The second-order valence-corrected chi connectivity index (χ2v) is 5.10. The van der Waals surface area contributed by atoms with Gasteiger partial charge in [-0.1, -0.05) is 11.8 Å². The van der Waals surface area contributed by atoms with Gasteiger partial charge in [-0.15, -0.1) is 0 Å². The van der Waals surface area contributed by atoms with Crippen LogP contribution in [0.25, 0.3) is 0 Å². The quantitative estimate of drug-likeness (QED) is 0.626. The molecule has 0 bridgehead atoms. The Balaban J connectivity index is 2.01. The molecular formula is C11H17N3S. The highest BCUT2D eigenvalue weighted by Crippen LogP contribution is 2.36. The third-order valence-electron chi connectivity index (χ3n) is 3.03. The zero-order valence-electron chi connectivity index (χ0n) is 9.29. The maximum Gasteiger partial charge on any atom is 0.187 e. The summed E-state index contributed by atoms with van der Waals surface area (Å²) >= 11 is 1.58. The van der Waals surface area contributed by atoms with Gasteiger partial charge in [-0.2, -0.15) is 0 Å². The molecule has 0 aliphatic heterocycles. The number of aromatic nitrogens is 2. The van der Waals surface area contributed by atoms with Gasteiger partial charge in [0.2, 0.25) is 0 Å². The molecule has 1 aliphatic rings. The lowest BCUT2D eigenvalue weighted by molar-refractivity contribution is 0.604. The number of hydrogen-bond acceptors (Lipinski definition) is 4. The van der Waals surface area contributed by atoms with E-state index in [9.17, 15) is 0 Å². The first-order chi connectivity index (χ1) is 7.13. The van der Waals surface area contributed by atoms with Crippen LogP contribution >= 0.6 is 11.8 Å². The fraction of sp³-hybridized carbons (Fsp3) is 0.636. The summed E-state index contributed by atoms with van der Waals surface area (Å²) in [6, 6.07) is 0. The Hall–Kier alpha value is -0.610. The van der Waals surface area contributed by atoms with Gasteiger partial charge in [-0.3, -0.25) is 0 Å². The number of nitrogens with zero attached hydrogens (tertiary/aromatic N) is 2. The smallest absolute Gasteiger partial charge is 0.187 e. The molecule has 3 nitrogen and oxygen atoms in total. The highest BCUT2D eigenvalue weighted by molar-refractivity contribution is 7.98. The van der Waals surface area contributed by atoms with Gasteiger partial charge < -0.3 is 5.73 Å². The van der Waals surface area contributed by atoms with Gasteiger partial charge in [0, 0.05) is 17.4 Å². The van der Waals surface area contributed by atoms with Crippen molar-refractivity contribution in [2.75, 3.05) is 6.26 Å². The molecule has 0 atom stereocenters. The van der Waals surface area contributed by atoms with Crippen LogP contribution in [0.5, 0.6) is 0 Å².